The van der Waals surface area contributed by atoms with Gasteiger partial charge in [-0.1, -0.05) is 38.0 Å². The third kappa shape index (κ3) is 3.48. The van der Waals surface area contributed by atoms with Crippen LogP contribution in [0, 0.1) is 5.92 Å². The highest BCUT2D eigenvalue weighted by atomic mass is 16.3. The first-order valence-corrected chi connectivity index (χ1v) is 7.32. The number of para-hydroxylation sites is 1. The van der Waals surface area contributed by atoms with Gasteiger partial charge in [0, 0.05) is 23.8 Å². The Kier molecular flexibility index (Phi) is 4.83. The van der Waals surface area contributed by atoms with Crippen LogP contribution in [0.15, 0.2) is 24.3 Å². The van der Waals surface area contributed by atoms with Gasteiger partial charge in [-0.15, -0.1) is 0 Å². The molecule has 0 saturated heterocycles. The average molecular weight is 262 g/mol. The average Bonchev–Trinajstić information content (AvgIpc) is 2.39. The van der Waals surface area contributed by atoms with Crippen molar-refractivity contribution >= 4 is 5.69 Å². The molecule has 3 unspecified atom stereocenters. The lowest BCUT2D eigenvalue weighted by Crippen LogP contribution is -2.41. The van der Waals surface area contributed by atoms with Gasteiger partial charge in [-0.25, -0.2) is 0 Å². The molecular weight excluding hydrogens is 236 g/mol. The van der Waals surface area contributed by atoms with E-state index in [1.807, 2.05) is 24.3 Å². The van der Waals surface area contributed by atoms with E-state index >= 15 is 0 Å². The molecule has 1 aliphatic rings. The number of rotatable bonds is 4. The van der Waals surface area contributed by atoms with Crippen molar-refractivity contribution in [3.05, 3.63) is 29.8 Å². The van der Waals surface area contributed by atoms with Crippen molar-refractivity contribution in [2.24, 2.45) is 5.92 Å². The quantitative estimate of drug-likeness (QED) is 0.820. The Morgan fingerprint density at radius 2 is 2.00 bits per heavy atom. The van der Waals surface area contributed by atoms with Crippen molar-refractivity contribution in [3.63, 3.8) is 0 Å². The molecule has 0 radical (unpaired) electrons. The van der Waals surface area contributed by atoms with E-state index in [0.717, 1.165) is 11.5 Å². The first-order valence-electron chi connectivity index (χ1n) is 7.32. The van der Waals surface area contributed by atoms with E-state index in [2.05, 4.69) is 18.9 Å². The van der Waals surface area contributed by atoms with Crippen LogP contribution < -0.4 is 5.73 Å². The first-order chi connectivity index (χ1) is 9.09. The number of likely N-dealkylation sites (N-methyl/N-ethyl adjacent to an activating group) is 1. The minimum Gasteiger partial charge on any atom is -0.398 e. The van der Waals surface area contributed by atoms with Crippen LogP contribution >= 0.6 is 0 Å². The normalized spacial score (nSPS) is 25.5. The van der Waals surface area contributed by atoms with E-state index < -0.39 is 6.10 Å². The molecule has 2 rings (SSSR count). The molecular formula is C16H26N2O. The highest BCUT2D eigenvalue weighted by Gasteiger charge is 2.26. The fraction of sp³-hybridized carbons (Fsp3) is 0.625. The van der Waals surface area contributed by atoms with Gasteiger partial charge in [0.1, 0.15) is 0 Å². The topological polar surface area (TPSA) is 49.5 Å². The molecule has 0 spiro atoms. The molecule has 106 valence electrons. The molecule has 1 aromatic carbocycles. The molecule has 0 bridgehead atoms. The van der Waals surface area contributed by atoms with Crippen LogP contribution in [0.3, 0.4) is 0 Å². The minimum atomic E-state index is -0.500. The predicted octanol–water partition coefficient (Wildman–Crippen LogP) is 2.81. The van der Waals surface area contributed by atoms with E-state index in [0.29, 0.717) is 18.3 Å². The molecule has 1 fully saturated rings. The summed E-state index contributed by atoms with van der Waals surface area (Å²) in [6, 6.07) is 8.18. The number of anilines is 1. The van der Waals surface area contributed by atoms with Crippen LogP contribution in [0.5, 0.6) is 0 Å². The van der Waals surface area contributed by atoms with Crippen LogP contribution in [-0.2, 0) is 0 Å². The standard InChI is InChI=1S/C16H26N2O/c1-12-7-3-6-10-15(12)18(2)11-16(19)13-8-4-5-9-14(13)17/h4-5,8-9,12,15-16,19H,3,6-7,10-11,17H2,1-2H3. The number of aliphatic hydroxyl groups excluding tert-OH is 1. The SMILES string of the molecule is CC1CCCCC1N(C)CC(O)c1ccccc1N. The molecule has 3 heteroatoms. The van der Waals surface area contributed by atoms with Crippen molar-refractivity contribution in [1.29, 1.82) is 0 Å². The molecule has 3 N–H and O–H groups in total. The van der Waals surface area contributed by atoms with Gasteiger partial charge in [0.25, 0.3) is 0 Å². The van der Waals surface area contributed by atoms with Crippen molar-refractivity contribution < 1.29 is 5.11 Å². The molecule has 1 saturated carbocycles. The largest absolute Gasteiger partial charge is 0.398 e. The Morgan fingerprint density at radius 1 is 1.32 bits per heavy atom. The second kappa shape index (κ2) is 6.40. The zero-order valence-electron chi connectivity index (χ0n) is 12.0. The summed E-state index contributed by atoms with van der Waals surface area (Å²) in [5.74, 6) is 0.721. The molecule has 0 aliphatic heterocycles. The monoisotopic (exact) mass is 262 g/mol. The number of hydrogen-bond acceptors (Lipinski definition) is 3. The van der Waals surface area contributed by atoms with Crippen LogP contribution in [-0.4, -0.2) is 29.6 Å². The molecule has 1 aromatic rings. The smallest absolute Gasteiger partial charge is 0.0936 e. The zero-order chi connectivity index (χ0) is 13.8. The van der Waals surface area contributed by atoms with E-state index in [9.17, 15) is 5.11 Å². The minimum absolute atomic E-state index is 0.500. The first kappa shape index (κ1) is 14.4. The van der Waals surface area contributed by atoms with Crippen LogP contribution in [0.2, 0.25) is 0 Å². The Balaban J connectivity index is 1.98. The Bertz CT molecular complexity index is 407. The van der Waals surface area contributed by atoms with Crippen molar-refractivity contribution in [1.82, 2.24) is 4.90 Å². The summed E-state index contributed by atoms with van der Waals surface area (Å²) >= 11 is 0. The highest BCUT2D eigenvalue weighted by Crippen LogP contribution is 2.29. The highest BCUT2D eigenvalue weighted by molar-refractivity contribution is 5.47. The van der Waals surface area contributed by atoms with Gasteiger partial charge in [0.2, 0.25) is 0 Å². The molecule has 0 amide bonds. The number of benzene rings is 1. The fourth-order valence-corrected chi connectivity index (χ4v) is 3.27. The number of nitrogens with two attached hydrogens (primary N) is 1. The maximum absolute atomic E-state index is 10.4. The molecule has 3 atom stereocenters. The Hall–Kier alpha value is -1.06. The van der Waals surface area contributed by atoms with E-state index in [1.54, 1.807) is 0 Å². The van der Waals surface area contributed by atoms with Crippen LogP contribution in [0.25, 0.3) is 0 Å². The van der Waals surface area contributed by atoms with Crippen molar-refractivity contribution in [2.45, 2.75) is 44.8 Å². The van der Waals surface area contributed by atoms with Gasteiger partial charge in [-0.3, -0.25) is 0 Å². The summed E-state index contributed by atoms with van der Waals surface area (Å²) in [7, 11) is 2.12. The fourth-order valence-electron chi connectivity index (χ4n) is 3.27. The van der Waals surface area contributed by atoms with Crippen molar-refractivity contribution in [3.8, 4) is 0 Å². The summed E-state index contributed by atoms with van der Waals surface area (Å²) in [4.78, 5) is 2.31. The number of nitrogen functional groups attached to an aromatic ring is 1. The van der Waals surface area contributed by atoms with Gasteiger partial charge >= 0.3 is 0 Å². The molecule has 19 heavy (non-hydrogen) atoms. The predicted molar refractivity (Wildman–Crippen MR) is 79.9 cm³/mol. The van der Waals surface area contributed by atoms with Gasteiger partial charge in [-0.2, -0.15) is 0 Å². The molecule has 0 heterocycles. The third-order valence-electron chi connectivity index (χ3n) is 4.45. The number of aliphatic hydroxyl groups is 1. The van der Waals surface area contributed by atoms with Gasteiger partial charge in [0.15, 0.2) is 0 Å². The molecule has 0 aromatic heterocycles. The zero-order valence-corrected chi connectivity index (χ0v) is 12.0. The maximum atomic E-state index is 10.4. The van der Waals surface area contributed by atoms with E-state index in [1.165, 1.54) is 25.7 Å². The third-order valence-corrected chi connectivity index (χ3v) is 4.45. The van der Waals surface area contributed by atoms with Crippen LogP contribution in [0.4, 0.5) is 5.69 Å². The summed E-state index contributed by atoms with van der Waals surface area (Å²) in [5, 5.41) is 10.4. The van der Waals surface area contributed by atoms with Crippen LogP contribution in [0.1, 0.15) is 44.3 Å². The maximum Gasteiger partial charge on any atom is 0.0936 e. The Labute approximate surface area is 116 Å². The van der Waals surface area contributed by atoms with Gasteiger partial charge in [0.05, 0.1) is 6.10 Å². The number of nitrogens with zero attached hydrogens (tertiary/aromatic N) is 1. The second-order valence-corrected chi connectivity index (χ2v) is 5.91. The molecule has 1 aliphatic carbocycles. The molecule has 3 nitrogen and oxygen atoms in total. The lowest BCUT2D eigenvalue weighted by molar-refractivity contribution is 0.0713. The van der Waals surface area contributed by atoms with Crippen molar-refractivity contribution in [2.75, 3.05) is 19.3 Å². The van der Waals surface area contributed by atoms with Gasteiger partial charge < -0.3 is 15.7 Å². The van der Waals surface area contributed by atoms with Gasteiger partial charge in [-0.05, 0) is 31.9 Å². The van der Waals surface area contributed by atoms with E-state index in [4.69, 9.17) is 5.73 Å². The van der Waals surface area contributed by atoms with E-state index in [-0.39, 0.29) is 0 Å². The summed E-state index contributed by atoms with van der Waals surface area (Å²) in [6.45, 7) is 2.98. The summed E-state index contributed by atoms with van der Waals surface area (Å²) in [5.41, 5.74) is 7.45. The summed E-state index contributed by atoms with van der Waals surface area (Å²) in [6.07, 6.45) is 4.70. The lowest BCUT2D eigenvalue weighted by atomic mass is 9.85. The summed E-state index contributed by atoms with van der Waals surface area (Å²) < 4.78 is 0. The Morgan fingerprint density at radius 3 is 2.68 bits per heavy atom. The lowest BCUT2D eigenvalue weighted by Gasteiger charge is -2.37. The second-order valence-electron chi connectivity index (χ2n) is 5.91. The number of hydrogen-bond donors (Lipinski definition) is 2.